The van der Waals surface area contributed by atoms with Crippen LogP contribution in [-0.2, 0) is 0 Å². The predicted octanol–water partition coefficient (Wildman–Crippen LogP) is 4.68. The molecule has 1 heterocycles. The van der Waals surface area contributed by atoms with Crippen molar-refractivity contribution >= 4 is 23.1 Å². The molecule has 3 rings (SSSR count). The maximum absolute atomic E-state index is 13.3. The van der Waals surface area contributed by atoms with Gasteiger partial charge in [-0.05, 0) is 44.0 Å². The molecule has 0 aliphatic rings. The van der Waals surface area contributed by atoms with Crippen LogP contribution in [-0.4, -0.2) is 15.9 Å². The summed E-state index contributed by atoms with van der Waals surface area (Å²) in [6.07, 6.45) is 0. The van der Waals surface area contributed by atoms with Crippen LogP contribution in [0, 0.1) is 32.4 Å². The molecule has 0 saturated carbocycles. The van der Waals surface area contributed by atoms with Crippen LogP contribution in [0.5, 0.6) is 0 Å². The van der Waals surface area contributed by atoms with Crippen LogP contribution in [0.25, 0.3) is 0 Å². The van der Waals surface area contributed by atoms with Gasteiger partial charge in [-0.15, -0.1) is 0 Å². The molecule has 0 unspecified atom stereocenters. The summed E-state index contributed by atoms with van der Waals surface area (Å²) in [5.41, 5.74) is 3.24. The second kappa shape index (κ2) is 7.49. The van der Waals surface area contributed by atoms with Crippen molar-refractivity contribution in [3.63, 3.8) is 0 Å². The van der Waals surface area contributed by atoms with E-state index < -0.39 is 17.5 Å². The molecule has 0 saturated heterocycles. The van der Waals surface area contributed by atoms with Gasteiger partial charge in [-0.2, -0.15) is 0 Å². The van der Waals surface area contributed by atoms with Crippen molar-refractivity contribution in [2.75, 3.05) is 10.6 Å². The molecule has 0 atom stereocenters. The first-order valence-electron chi connectivity index (χ1n) is 8.29. The van der Waals surface area contributed by atoms with E-state index in [4.69, 9.17) is 0 Å². The number of hydrogen-bond acceptors (Lipinski definition) is 4. The molecule has 138 valence electrons. The van der Waals surface area contributed by atoms with Crippen LogP contribution < -0.4 is 10.6 Å². The summed E-state index contributed by atoms with van der Waals surface area (Å²) in [6.45, 7) is 5.62. The highest BCUT2D eigenvalue weighted by molar-refractivity contribution is 6.03. The summed E-state index contributed by atoms with van der Waals surface area (Å²) in [5.74, 6) is -1.69. The molecule has 0 bridgehead atoms. The highest BCUT2D eigenvalue weighted by atomic mass is 19.2. The second-order valence-corrected chi connectivity index (χ2v) is 6.16. The number of nitrogens with one attached hydrogen (secondary N) is 2. The standard InChI is InChI=1S/C20H18F2N4O/c1-11-5-4-6-12(2)19(11)26-18-10-17(23-13(3)24-18)20(27)25-14-7-8-15(21)16(22)9-14/h4-10H,1-3H3,(H,25,27)(H,23,24,26). The van der Waals surface area contributed by atoms with Gasteiger partial charge < -0.3 is 10.6 Å². The van der Waals surface area contributed by atoms with Gasteiger partial charge in [0.05, 0.1) is 0 Å². The van der Waals surface area contributed by atoms with E-state index in [1.165, 1.54) is 12.1 Å². The summed E-state index contributed by atoms with van der Waals surface area (Å²) in [7, 11) is 0. The zero-order valence-electron chi connectivity index (χ0n) is 15.1. The van der Waals surface area contributed by atoms with E-state index in [9.17, 15) is 13.6 Å². The molecule has 0 fully saturated rings. The van der Waals surface area contributed by atoms with Gasteiger partial charge in [0.25, 0.3) is 5.91 Å². The fourth-order valence-electron chi connectivity index (χ4n) is 2.66. The Labute approximate surface area is 155 Å². The second-order valence-electron chi connectivity index (χ2n) is 6.16. The number of hydrogen-bond donors (Lipinski definition) is 2. The first-order valence-corrected chi connectivity index (χ1v) is 8.29. The van der Waals surface area contributed by atoms with Crippen LogP contribution in [0.1, 0.15) is 27.4 Å². The van der Waals surface area contributed by atoms with Crippen LogP contribution in [0.15, 0.2) is 42.5 Å². The molecular weight excluding hydrogens is 350 g/mol. The number of halogens is 2. The number of amides is 1. The Kier molecular flexibility index (Phi) is 5.12. The molecule has 2 N–H and O–H groups in total. The Morgan fingerprint density at radius 2 is 1.63 bits per heavy atom. The summed E-state index contributed by atoms with van der Waals surface area (Å²) < 4.78 is 26.3. The molecule has 1 amide bonds. The van der Waals surface area contributed by atoms with Crippen LogP contribution in [0.2, 0.25) is 0 Å². The van der Waals surface area contributed by atoms with E-state index in [0.717, 1.165) is 28.9 Å². The quantitative estimate of drug-likeness (QED) is 0.702. The molecule has 0 spiro atoms. The Morgan fingerprint density at radius 3 is 2.30 bits per heavy atom. The lowest BCUT2D eigenvalue weighted by molar-refractivity contribution is 0.102. The van der Waals surface area contributed by atoms with Gasteiger partial charge in [-0.3, -0.25) is 4.79 Å². The lowest BCUT2D eigenvalue weighted by Gasteiger charge is -2.13. The van der Waals surface area contributed by atoms with Crippen molar-refractivity contribution < 1.29 is 13.6 Å². The van der Waals surface area contributed by atoms with E-state index in [-0.39, 0.29) is 11.4 Å². The van der Waals surface area contributed by atoms with E-state index in [2.05, 4.69) is 20.6 Å². The summed E-state index contributed by atoms with van der Waals surface area (Å²) in [6, 6.07) is 10.6. The van der Waals surface area contributed by atoms with Gasteiger partial charge in [0.2, 0.25) is 0 Å². The molecular formula is C20H18F2N4O. The number of carbonyl (C=O) groups is 1. The summed E-state index contributed by atoms with van der Waals surface area (Å²) >= 11 is 0. The molecule has 0 radical (unpaired) electrons. The third kappa shape index (κ3) is 4.25. The Morgan fingerprint density at radius 1 is 0.926 bits per heavy atom. The van der Waals surface area contributed by atoms with Gasteiger partial charge in [0.15, 0.2) is 11.6 Å². The van der Waals surface area contributed by atoms with Crippen molar-refractivity contribution in [1.82, 2.24) is 9.97 Å². The van der Waals surface area contributed by atoms with E-state index in [0.29, 0.717) is 11.6 Å². The molecule has 0 aliphatic carbocycles. The van der Waals surface area contributed by atoms with E-state index in [1.54, 1.807) is 6.92 Å². The third-order valence-corrected chi connectivity index (χ3v) is 3.98. The van der Waals surface area contributed by atoms with E-state index in [1.807, 2.05) is 32.0 Å². The minimum atomic E-state index is -1.04. The van der Waals surface area contributed by atoms with Gasteiger partial charge >= 0.3 is 0 Å². The maximum atomic E-state index is 13.3. The number of nitrogens with zero attached hydrogens (tertiary/aromatic N) is 2. The van der Waals surface area contributed by atoms with E-state index >= 15 is 0 Å². The highest BCUT2D eigenvalue weighted by Crippen LogP contribution is 2.24. The van der Waals surface area contributed by atoms with Gasteiger partial charge in [0, 0.05) is 23.5 Å². The first-order chi connectivity index (χ1) is 12.8. The molecule has 7 heteroatoms. The zero-order chi connectivity index (χ0) is 19.6. The predicted molar refractivity (Wildman–Crippen MR) is 100 cm³/mol. The van der Waals surface area contributed by atoms with Gasteiger partial charge in [-0.1, -0.05) is 18.2 Å². The topological polar surface area (TPSA) is 66.9 Å². The van der Waals surface area contributed by atoms with Gasteiger partial charge in [0.1, 0.15) is 17.3 Å². The minimum absolute atomic E-state index is 0.112. The molecule has 2 aromatic carbocycles. The average Bonchev–Trinajstić information content (AvgIpc) is 2.61. The molecule has 0 aliphatic heterocycles. The minimum Gasteiger partial charge on any atom is -0.340 e. The van der Waals surface area contributed by atoms with Crippen LogP contribution in [0.3, 0.4) is 0 Å². The number of rotatable bonds is 4. The fraction of sp³-hybridized carbons (Fsp3) is 0.150. The number of aryl methyl sites for hydroxylation is 3. The van der Waals surface area contributed by atoms with Crippen LogP contribution in [0.4, 0.5) is 26.0 Å². The van der Waals surface area contributed by atoms with Crippen molar-refractivity contribution in [2.45, 2.75) is 20.8 Å². The monoisotopic (exact) mass is 368 g/mol. The number of aromatic nitrogens is 2. The highest BCUT2D eigenvalue weighted by Gasteiger charge is 2.13. The van der Waals surface area contributed by atoms with Crippen LogP contribution >= 0.6 is 0 Å². The Balaban J connectivity index is 1.86. The lowest BCUT2D eigenvalue weighted by Crippen LogP contribution is -2.15. The number of benzene rings is 2. The van der Waals surface area contributed by atoms with Crippen molar-refractivity contribution in [1.29, 1.82) is 0 Å². The number of anilines is 3. The Bertz CT molecular complexity index is 1000. The smallest absolute Gasteiger partial charge is 0.274 e. The molecule has 27 heavy (non-hydrogen) atoms. The van der Waals surface area contributed by atoms with Crippen molar-refractivity contribution in [3.8, 4) is 0 Å². The number of carbonyl (C=O) groups excluding carboxylic acids is 1. The lowest BCUT2D eigenvalue weighted by atomic mass is 10.1. The normalized spacial score (nSPS) is 10.6. The summed E-state index contributed by atoms with van der Waals surface area (Å²) in [5, 5.41) is 5.72. The first kappa shape index (κ1) is 18.4. The molecule has 3 aromatic rings. The fourth-order valence-corrected chi connectivity index (χ4v) is 2.66. The molecule has 5 nitrogen and oxygen atoms in total. The summed E-state index contributed by atoms with van der Waals surface area (Å²) in [4.78, 5) is 20.9. The third-order valence-electron chi connectivity index (χ3n) is 3.98. The maximum Gasteiger partial charge on any atom is 0.274 e. The Hall–Kier alpha value is -3.35. The zero-order valence-corrected chi connectivity index (χ0v) is 15.1. The van der Waals surface area contributed by atoms with Gasteiger partial charge in [-0.25, -0.2) is 18.7 Å². The number of para-hydroxylation sites is 1. The largest absolute Gasteiger partial charge is 0.340 e. The molecule has 1 aromatic heterocycles. The average molecular weight is 368 g/mol. The SMILES string of the molecule is Cc1nc(Nc2c(C)cccc2C)cc(C(=O)Nc2ccc(F)c(F)c2)n1. The van der Waals surface area contributed by atoms with Crippen molar-refractivity contribution in [3.05, 3.63) is 76.7 Å². The van der Waals surface area contributed by atoms with Crippen molar-refractivity contribution in [2.24, 2.45) is 0 Å².